The molecule has 0 spiro atoms. The molecule has 4 rings (SSSR count). The SMILES string of the molecule is Cc1cc(Oc2ccc(NC3CCCC3)cc2F)ccc1C(=O)NC1CC1. The van der Waals surface area contributed by atoms with Gasteiger partial charge >= 0.3 is 0 Å². The Balaban J connectivity index is 1.43. The average Bonchev–Trinajstić information content (AvgIpc) is 3.30. The maximum atomic E-state index is 14.4. The minimum atomic E-state index is -0.397. The van der Waals surface area contributed by atoms with E-state index in [0.717, 1.165) is 36.9 Å². The van der Waals surface area contributed by atoms with Crippen LogP contribution in [0.4, 0.5) is 10.1 Å². The fourth-order valence-electron chi connectivity index (χ4n) is 3.55. The molecule has 0 bridgehead atoms. The van der Waals surface area contributed by atoms with Crippen molar-refractivity contribution in [1.82, 2.24) is 5.32 Å². The minimum Gasteiger partial charge on any atom is -0.454 e. The van der Waals surface area contributed by atoms with Crippen molar-refractivity contribution < 1.29 is 13.9 Å². The highest BCUT2D eigenvalue weighted by Crippen LogP contribution is 2.30. The molecule has 2 aromatic rings. The number of nitrogens with one attached hydrogen (secondary N) is 2. The van der Waals surface area contributed by atoms with Crippen LogP contribution in [-0.2, 0) is 0 Å². The summed E-state index contributed by atoms with van der Waals surface area (Å²) in [6.07, 6.45) is 6.85. The molecule has 0 aromatic heterocycles. The highest BCUT2D eigenvalue weighted by atomic mass is 19.1. The van der Waals surface area contributed by atoms with Crippen molar-refractivity contribution in [3.8, 4) is 11.5 Å². The van der Waals surface area contributed by atoms with Gasteiger partial charge in [-0.2, -0.15) is 0 Å². The second-order valence-electron chi connectivity index (χ2n) is 7.60. The molecule has 5 heteroatoms. The Kier molecular flexibility index (Phi) is 5.01. The van der Waals surface area contributed by atoms with Gasteiger partial charge in [0.25, 0.3) is 5.91 Å². The molecule has 2 aliphatic rings. The summed E-state index contributed by atoms with van der Waals surface area (Å²) < 4.78 is 20.1. The molecule has 4 nitrogen and oxygen atoms in total. The summed E-state index contributed by atoms with van der Waals surface area (Å²) in [7, 11) is 0. The van der Waals surface area contributed by atoms with Gasteiger partial charge in [-0.05, 0) is 68.5 Å². The molecular weight excluding hydrogens is 343 g/mol. The number of carbonyl (C=O) groups excluding carboxylic acids is 1. The zero-order valence-electron chi connectivity index (χ0n) is 15.6. The molecule has 27 heavy (non-hydrogen) atoms. The number of rotatable bonds is 6. The summed E-state index contributed by atoms with van der Waals surface area (Å²) in [4.78, 5) is 12.2. The van der Waals surface area contributed by atoms with Gasteiger partial charge in [-0.1, -0.05) is 12.8 Å². The third-order valence-electron chi connectivity index (χ3n) is 5.24. The summed E-state index contributed by atoms with van der Waals surface area (Å²) in [5.74, 6) is 0.244. The van der Waals surface area contributed by atoms with E-state index in [1.807, 2.05) is 13.0 Å². The standard InChI is InChI=1S/C22H25FN2O2/c1-14-12-18(9-10-19(14)22(26)25-16-6-7-16)27-21-11-8-17(13-20(21)23)24-15-4-2-3-5-15/h8-13,15-16,24H,2-7H2,1H3,(H,25,26). The van der Waals surface area contributed by atoms with Gasteiger partial charge in [0.1, 0.15) is 5.75 Å². The molecule has 0 saturated heterocycles. The molecule has 2 N–H and O–H groups in total. The van der Waals surface area contributed by atoms with Crippen LogP contribution in [0.2, 0.25) is 0 Å². The van der Waals surface area contributed by atoms with Crippen LogP contribution in [0.25, 0.3) is 0 Å². The maximum absolute atomic E-state index is 14.4. The van der Waals surface area contributed by atoms with Gasteiger partial charge in [0.05, 0.1) is 0 Å². The summed E-state index contributed by atoms with van der Waals surface area (Å²) >= 11 is 0. The molecule has 0 heterocycles. The first-order valence-electron chi connectivity index (χ1n) is 9.74. The zero-order chi connectivity index (χ0) is 18.8. The lowest BCUT2D eigenvalue weighted by molar-refractivity contribution is 0.0950. The Bertz CT molecular complexity index is 842. The van der Waals surface area contributed by atoms with Gasteiger partial charge in [0.15, 0.2) is 11.6 Å². The van der Waals surface area contributed by atoms with Gasteiger partial charge in [-0.25, -0.2) is 4.39 Å². The lowest BCUT2D eigenvalue weighted by atomic mass is 10.1. The van der Waals surface area contributed by atoms with Crippen LogP contribution in [-0.4, -0.2) is 18.0 Å². The molecule has 2 fully saturated rings. The van der Waals surface area contributed by atoms with E-state index in [0.29, 0.717) is 23.4 Å². The highest BCUT2D eigenvalue weighted by molar-refractivity contribution is 5.96. The number of hydrogen-bond donors (Lipinski definition) is 2. The fourth-order valence-corrected chi connectivity index (χ4v) is 3.55. The van der Waals surface area contributed by atoms with Crippen LogP contribution in [0.5, 0.6) is 11.5 Å². The van der Waals surface area contributed by atoms with Gasteiger partial charge in [-0.15, -0.1) is 0 Å². The number of hydrogen-bond acceptors (Lipinski definition) is 3. The topological polar surface area (TPSA) is 50.4 Å². The van der Waals surface area contributed by atoms with Crippen molar-refractivity contribution in [2.75, 3.05) is 5.32 Å². The van der Waals surface area contributed by atoms with E-state index < -0.39 is 5.82 Å². The predicted octanol–water partition coefficient (Wildman–Crippen LogP) is 5.17. The summed E-state index contributed by atoms with van der Waals surface area (Å²) in [6.45, 7) is 1.86. The summed E-state index contributed by atoms with van der Waals surface area (Å²) in [6, 6.07) is 10.9. The Labute approximate surface area is 159 Å². The van der Waals surface area contributed by atoms with Crippen molar-refractivity contribution in [2.45, 2.75) is 57.5 Å². The van der Waals surface area contributed by atoms with Gasteiger partial charge < -0.3 is 15.4 Å². The van der Waals surface area contributed by atoms with Gasteiger partial charge in [0.2, 0.25) is 0 Å². The number of carbonyl (C=O) groups is 1. The maximum Gasteiger partial charge on any atom is 0.251 e. The monoisotopic (exact) mass is 368 g/mol. The van der Waals surface area contributed by atoms with Crippen molar-refractivity contribution in [1.29, 1.82) is 0 Å². The number of anilines is 1. The Morgan fingerprint density at radius 2 is 1.81 bits per heavy atom. The third-order valence-corrected chi connectivity index (χ3v) is 5.24. The predicted molar refractivity (Wildman–Crippen MR) is 104 cm³/mol. The number of amides is 1. The molecule has 0 unspecified atom stereocenters. The molecule has 142 valence electrons. The smallest absolute Gasteiger partial charge is 0.251 e. The normalized spacial score (nSPS) is 17.0. The quantitative estimate of drug-likeness (QED) is 0.739. The van der Waals surface area contributed by atoms with Crippen molar-refractivity contribution in [3.63, 3.8) is 0 Å². The second kappa shape index (κ2) is 7.59. The summed E-state index contributed by atoms with van der Waals surface area (Å²) in [5, 5.41) is 6.36. The van der Waals surface area contributed by atoms with Crippen molar-refractivity contribution in [2.24, 2.45) is 0 Å². The van der Waals surface area contributed by atoms with E-state index in [1.165, 1.54) is 18.9 Å². The summed E-state index contributed by atoms with van der Waals surface area (Å²) in [5.41, 5.74) is 2.23. The first kappa shape index (κ1) is 17.8. The number of halogens is 1. The van der Waals surface area contributed by atoms with E-state index in [2.05, 4.69) is 10.6 Å². The molecule has 2 aromatic carbocycles. The van der Waals surface area contributed by atoms with E-state index >= 15 is 0 Å². The minimum absolute atomic E-state index is 0.0601. The Morgan fingerprint density at radius 1 is 1.04 bits per heavy atom. The van der Waals surface area contributed by atoms with Gasteiger partial charge in [-0.3, -0.25) is 4.79 Å². The van der Waals surface area contributed by atoms with E-state index in [9.17, 15) is 9.18 Å². The largest absolute Gasteiger partial charge is 0.454 e. The molecule has 2 saturated carbocycles. The number of aryl methyl sites for hydroxylation is 1. The van der Waals surface area contributed by atoms with Gasteiger partial charge in [0, 0.05) is 29.4 Å². The molecule has 0 radical (unpaired) electrons. The van der Waals surface area contributed by atoms with E-state index in [-0.39, 0.29) is 11.7 Å². The molecular formula is C22H25FN2O2. The first-order chi connectivity index (χ1) is 13.1. The number of ether oxygens (including phenoxy) is 1. The molecule has 0 aliphatic heterocycles. The lowest BCUT2D eigenvalue weighted by Gasteiger charge is -2.15. The van der Waals surface area contributed by atoms with Crippen molar-refractivity contribution >= 4 is 11.6 Å². The first-order valence-corrected chi connectivity index (χ1v) is 9.74. The molecule has 1 amide bonds. The molecule has 2 aliphatic carbocycles. The average molecular weight is 368 g/mol. The van der Waals surface area contributed by atoms with Crippen LogP contribution in [0, 0.1) is 12.7 Å². The second-order valence-corrected chi connectivity index (χ2v) is 7.60. The molecule has 0 atom stereocenters. The van der Waals surface area contributed by atoms with Crippen LogP contribution in [0.15, 0.2) is 36.4 Å². The lowest BCUT2D eigenvalue weighted by Crippen LogP contribution is -2.26. The fraction of sp³-hybridized carbons (Fsp3) is 0.409. The third kappa shape index (κ3) is 4.41. The van der Waals surface area contributed by atoms with Crippen LogP contribution in [0.3, 0.4) is 0 Å². The Hall–Kier alpha value is -2.56. The van der Waals surface area contributed by atoms with Crippen molar-refractivity contribution in [3.05, 3.63) is 53.3 Å². The Morgan fingerprint density at radius 3 is 2.48 bits per heavy atom. The zero-order valence-corrected chi connectivity index (χ0v) is 15.6. The van der Waals surface area contributed by atoms with E-state index in [1.54, 1.807) is 24.3 Å². The van der Waals surface area contributed by atoms with E-state index in [4.69, 9.17) is 4.74 Å². The van der Waals surface area contributed by atoms with Crippen LogP contribution >= 0.6 is 0 Å². The van der Waals surface area contributed by atoms with Crippen LogP contribution < -0.4 is 15.4 Å². The number of benzene rings is 2. The van der Waals surface area contributed by atoms with Crippen LogP contribution in [0.1, 0.15) is 54.4 Å². The highest BCUT2D eigenvalue weighted by Gasteiger charge is 2.24.